The van der Waals surface area contributed by atoms with E-state index in [1.165, 1.54) is 0 Å². The Morgan fingerprint density at radius 1 is 1.17 bits per heavy atom. The largest absolute Gasteiger partial charge is 0.359 e. The van der Waals surface area contributed by atoms with Crippen molar-refractivity contribution in [3.63, 3.8) is 0 Å². The van der Waals surface area contributed by atoms with Gasteiger partial charge in [0.05, 0.1) is 5.69 Å². The molecule has 1 aliphatic carbocycles. The topological polar surface area (TPSA) is 81.7 Å². The zero-order valence-corrected chi connectivity index (χ0v) is 16.9. The number of fused-ring (bicyclic) bond motifs is 1. The molecule has 2 aromatic rings. The lowest BCUT2D eigenvalue weighted by molar-refractivity contribution is -0.141. The number of aliphatic hydroxyl groups is 1. The average Bonchev–Trinajstić information content (AvgIpc) is 2.71. The van der Waals surface area contributed by atoms with E-state index in [0.29, 0.717) is 27.9 Å². The number of anilines is 2. The number of urea groups is 1. The van der Waals surface area contributed by atoms with E-state index in [0.717, 1.165) is 30.6 Å². The minimum absolute atomic E-state index is 0.0375. The van der Waals surface area contributed by atoms with E-state index in [9.17, 15) is 14.7 Å². The maximum atomic E-state index is 13.5. The number of nitrogens with one attached hydrogen (secondary N) is 2. The maximum absolute atomic E-state index is 13.5. The summed E-state index contributed by atoms with van der Waals surface area (Å²) in [6.45, 7) is 2.10. The highest BCUT2D eigenvalue weighted by Crippen LogP contribution is 2.40. The highest BCUT2D eigenvalue weighted by Gasteiger charge is 2.52. The van der Waals surface area contributed by atoms with Gasteiger partial charge in [-0.1, -0.05) is 49.6 Å². The zero-order valence-electron chi connectivity index (χ0n) is 16.2. The molecule has 0 spiro atoms. The highest BCUT2D eigenvalue weighted by molar-refractivity contribution is 6.30. The van der Waals surface area contributed by atoms with Crippen LogP contribution in [-0.2, 0) is 10.5 Å². The second-order valence-corrected chi connectivity index (χ2v) is 8.24. The van der Waals surface area contributed by atoms with Gasteiger partial charge in [-0.2, -0.15) is 0 Å². The summed E-state index contributed by atoms with van der Waals surface area (Å²) in [5.74, 6) is -0.290. The van der Waals surface area contributed by atoms with Gasteiger partial charge in [0.25, 0.3) is 11.6 Å². The van der Waals surface area contributed by atoms with E-state index in [1.807, 2.05) is 0 Å². The second kappa shape index (κ2) is 7.69. The lowest BCUT2D eigenvalue weighted by atomic mass is 9.85. The number of rotatable bonds is 3. The fourth-order valence-electron chi connectivity index (χ4n) is 4.25. The molecule has 4 rings (SSSR count). The highest BCUT2D eigenvalue weighted by atomic mass is 35.5. The molecule has 1 saturated carbocycles. The number of carbonyl (C=O) groups excluding carboxylic acids is 2. The molecule has 1 heterocycles. The van der Waals surface area contributed by atoms with Gasteiger partial charge in [-0.15, -0.1) is 0 Å². The van der Waals surface area contributed by atoms with E-state index >= 15 is 0 Å². The first kappa shape index (κ1) is 19.7. The number of para-hydroxylation sites is 1. The van der Waals surface area contributed by atoms with Crippen LogP contribution in [0.2, 0.25) is 5.02 Å². The molecule has 0 saturated heterocycles. The van der Waals surface area contributed by atoms with Crippen LogP contribution in [0.4, 0.5) is 16.2 Å². The molecule has 2 aliphatic rings. The first-order chi connectivity index (χ1) is 13.9. The third-order valence-corrected chi connectivity index (χ3v) is 6.15. The SMILES string of the molecule is C[C@@H]1CCCC[C@H]1NC(=O)[C@@]1(O)c2ccccc2NC(=O)N1c1ccc(Cl)cc1. The van der Waals surface area contributed by atoms with E-state index in [1.54, 1.807) is 48.5 Å². The summed E-state index contributed by atoms with van der Waals surface area (Å²) >= 11 is 5.99. The van der Waals surface area contributed by atoms with Crippen LogP contribution in [0, 0.1) is 5.92 Å². The van der Waals surface area contributed by atoms with Crippen molar-refractivity contribution in [3.05, 3.63) is 59.1 Å². The molecule has 3 amide bonds. The van der Waals surface area contributed by atoms with Gasteiger partial charge in [-0.25, -0.2) is 4.79 Å². The number of amides is 3. The number of benzene rings is 2. The predicted octanol–water partition coefficient (Wildman–Crippen LogP) is 4.23. The Kier molecular flexibility index (Phi) is 5.23. The molecular weight excluding hydrogens is 390 g/mol. The van der Waals surface area contributed by atoms with Gasteiger partial charge >= 0.3 is 6.03 Å². The van der Waals surface area contributed by atoms with Crippen molar-refractivity contribution >= 4 is 34.9 Å². The van der Waals surface area contributed by atoms with Gasteiger partial charge in [0.1, 0.15) is 0 Å². The first-order valence-electron chi connectivity index (χ1n) is 9.91. The number of hydrogen-bond acceptors (Lipinski definition) is 3. The second-order valence-electron chi connectivity index (χ2n) is 7.80. The maximum Gasteiger partial charge on any atom is 0.329 e. The Hall–Kier alpha value is -2.57. The molecule has 2 aromatic carbocycles. The number of hydrogen-bond donors (Lipinski definition) is 3. The summed E-state index contributed by atoms with van der Waals surface area (Å²) < 4.78 is 0. The molecule has 0 aromatic heterocycles. The monoisotopic (exact) mass is 413 g/mol. The van der Waals surface area contributed by atoms with Crippen molar-refractivity contribution in [2.45, 2.75) is 44.4 Å². The summed E-state index contributed by atoms with van der Waals surface area (Å²) in [4.78, 5) is 27.5. The van der Waals surface area contributed by atoms with Crippen LogP contribution < -0.4 is 15.5 Å². The van der Waals surface area contributed by atoms with Crippen molar-refractivity contribution in [2.24, 2.45) is 5.92 Å². The molecule has 152 valence electrons. The summed E-state index contributed by atoms with van der Waals surface area (Å²) in [6, 6.07) is 12.6. The molecule has 3 N–H and O–H groups in total. The van der Waals surface area contributed by atoms with Gasteiger partial charge in [0.15, 0.2) is 0 Å². The third-order valence-electron chi connectivity index (χ3n) is 5.90. The van der Waals surface area contributed by atoms with E-state index in [4.69, 9.17) is 11.6 Å². The molecular formula is C22H24ClN3O3. The molecule has 7 heteroatoms. The molecule has 6 nitrogen and oxygen atoms in total. The van der Waals surface area contributed by atoms with Gasteiger partial charge in [-0.05, 0) is 49.1 Å². The zero-order chi connectivity index (χ0) is 20.6. The Balaban J connectivity index is 1.78. The molecule has 29 heavy (non-hydrogen) atoms. The van der Waals surface area contributed by atoms with Crippen molar-refractivity contribution < 1.29 is 14.7 Å². The third kappa shape index (κ3) is 3.47. The summed E-state index contributed by atoms with van der Waals surface area (Å²) in [6.07, 6.45) is 4.06. The Morgan fingerprint density at radius 2 is 1.86 bits per heavy atom. The number of nitrogens with zero attached hydrogens (tertiary/aromatic N) is 1. The van der Waals surface area contributed by atoms with Gasteiger partial charge < -0.3 is 15.7 Å². The summed E-state index contributed by atoms with van der Waals surface area (Å²) in [7, 11) is 0. The molecule has 0 radical (unpaired) electrons. The summed E-state index contributed by atoms with van der Waals surface area (Å²) in [5, 5.41) is 18.1. The molecule has 3 atom stereocenters. The van der Waals surface area contributed by atoms with E-state index < -0.39 is 17.7 Å². The van der Waals surface area contributed by atoms with Crippen LogP contribution in [0.1, 0.15) is 38.2 Å². The van der Waals surface area contributed by atoms with Crippen molar-refractivity contribution in [2.75, 3.05) is 10.2 Å². The van der Waals surface area contributed by atoms with Gasteiger partial charge in [-0.3, -0.25) is 9.69 Å². The Bertz CT molecular complexity index is 933. The Morgan fingerprint density at radius 3 is 2.59 bits per heavy atom. The van der Waals surface area contributed by atoms with Crippen molar-refractivity contribution in [1.82, 2.24) is 5.32 Å². The molecule has 0 bridgehead atoms. The molecule has 1 fully saturated rings. The average molecular weight is 414 g/mol. The van der Waals surface area contributed by atoms with E-state index in [2.05, 4.69) is 17.6 Å². The minimum Gasteiger partial charge on any atom is -0.359 e. The van der Waals surface area contributed by atoms with Crippen LogP contribution in [0.25, 0.3) is 0 Å². The lowest BCUT2D eigenvalue weighted by Gasteiger charge is -2.44. The minimum atomic E-state index is -2.18. The fourth-order valence-corrected chi connectivity index (χ4v) is 4.38. The predicted molar refractivity (Wildman–Crippen MR) is 113 cm³/mol. The van der Waals surface area contributed by atoms with Crippen molar-refractivity contribution in [3.8, 4) is 0 Å². The van der Waals surface area contributed by atoms with Crippen molar-refractivity contribution in [1.29, 1.82) is 0 Å². The van der Waals surface area contributed by atoms with Gasteiger partial charge in [0, 0.05) is 22.3 Å². The fraction of sp³-hybridized carbons (Fsp3) is 0.364. The van der Waals surface area contributed by atoms with Crippen LogP contribution in [0.3, 0.4) is 0 Å². The Labute approximate surface area is 174 Å². The summed E-state index contributed by atoms with van der Waals surface area (Å²) in [5.41, 5.74) is -1.06. The smallest absolute Gasteiger partial charge is 0.329 e. The van der Waals surface area contributed by atoms with E-state index in [-0.39, 0.29) is 6.04 Å². The van der Waals surface area contributed by atoms with Crippen LogP contribution in [-0.4, -0.2) is 23.1 Å². The van der Waals surface area contributed by atoms with Gasteiger partial charge in [0.2, 0.25) is 0 Å². The quantitative estimate of drug-likeness (QED) is 0.704. The van der Waals surface area contributed by atoms with Crippen LogP contribution >= 0.6 is 11.6 Å². The first-order valence-corrected chi connectivity index (χ1v) is 10.3. The normalized spacial score (nSPS) is 26.4. The number of carbonyl (C=O) groups is 2. The standard InChI is InChI=1S/C22H24ClN3O3/c1-14-6-2-4-8-18(14)24-20(27)22(29)17-7-3-5-9-19(17)25-21(28)26(22)16-12-10-15(23)11-13-16/h3,5,7,9-14,18,29H,2,4,6,8H2,1H3,(H,24,27)(H,25,28)/t14-,18-,22+/m1/s1. The van der Waals surface area contributed by atoms with Crippen LogP contribution in [0.15, 0.2) is 48.5 Å². The number of halogens is 1. The molecule has 1 aliphatic heterocycles. The molecule has 0 unspecified atom stereocenters. The lowest BCUT2D eigenvalue weighted by Crippen LogP contribution is -2.64. The van der Waals surface area contributed by atoms with Crippen LogP contribution in [0.5, 0.6) is 0 Å².